The number of benzene rings is 2. The van der Waals surface area contributed by atoms with Crippen LogP contribution in [0.3, 0.4) is 0 Å². The zero-order valence-corrected chi connectivity index (χ0v) is 9.15. The minimum Gasteiger partial charge on any atom is -0.465 e. The molecule has 0 bridgehead atoms. The van der Waals surface area contributed by atoms with Gasteiger partial charge in [0.05, 0.1) is 0 Å². The van der Waals surface area contributed by atoms with E-state index >= 15 is 0 Å². The van der Waals surface area contributed by atoms with E-state index < -0.39 is 17.7 Å². The van der Waals surface area contributed by atoms with Gasteiger partial charge >= 0.3 is 6.09 Å². The Morgan fingerprint density at radius 2 is 1.56 bits per heavy atom. The van der Waals surface area contributed by atoms with Crippen molar-refractivity contribution in [2.75, 3.05) is 5.32 Å². The number of anilines is 1. The molecule has 1 amide bonds. The molecule has 92 valence electrons. The van der Waals surface area contributed by atoms with Crippen molar-refractivity contribution in [2.45, 2.75) is 0 Å². The van der Waals surface area contributed by atoms with Crippen LogP contribution in [-0.2, 0) is 0 Å². The number of hydrogen-bond acceptors (Lipinski definition) is 1. The minimum atomic E-state index is -1.16. The molecule has 2 aromatic carbocycles. The van der Waals surface area contributed by atoms with Gasteiger partial charge in [-0.05, 0) is 35.4 Å². The third-order valence-electron chi connectivity index (χ3n) is 2.39. The molecule has 0 unspecified atom stereocenters. The summed E-state index contributed by atoms with van der Waals surface area (Å²) in [5.74, 6) is -1.82. The quantitative estimate of drug-likeness (QED) is 0.852. The molecule has 0 heterocycles. The number of rotatable bonds is 2. The first-order chi connectivity index (χ1) is 8.56. The lowest BCUT2D eigenvalue weighted by Crippen LogP contribution is -2.06. The molecule has 0 aliphatic heterocycles. The fourth-order valence-electron chi connectivity index (χ4n) is 1.55. The van der Waals surface area contributed by atoms with E-state index in [4.69, 9.17) is 5.11 Å². The van der Waals surface area contributed by atoms with E-state index in [2.05, 4.69) is 5.32 Å². The van der Waals surface area contributed by atoms with Crippen LogP contribution in [0, 0.1) is 11.6 Å². The third kappa shape index (κ3) is 2.63. The Morgan fingerprint density at radius 1 is 0.944 bits per heavy atom. The number of carboxylic acid groups (broad SMARTS) is 1. The molecule has 2 aromatic rings. The average molecular weight is 249 g/mol. The molecule has 0 aromatic heterocycles. The fourth-order valence-corrected chi connectivity index (χ4v) is 1.55. The van der Waals surface area contributed by atoms with E-state index in [-0.39, 0.29) is 0 Å². The summed E-state index contributed by atoms with van der Waals surface area (Å²) in [6, 6.07) is 9.94. The van der Waals surface area contributed by atoms with E-state index in [1.165, 1.54) is 6.07 Å². The summed E-state index contributed by atoms with van der Waals surface area (Å²) in [4.78, 5) is 10.4. The predicted octanol–water partition coefficient (Wildman–Crippen LogP) is 3.72. The van der Waals surface area contributed by atoms with Crippen molar-refractivity contribution >= 4 is 11.8 Å². The second-order valence-electron chi connectivity index (χ2n) is 3.64. The molecule has 0 atom stereocenters. The van der Waals surface area contributed by atoms with Crippen molar-refractivity contribution in [3.05, 3.63) is 54.1 Å². The topological polar surface area (TPSA) is 49.3 Å². The Kier molecular flexibility index (Phi) is 3.23. The fraction of sp³-hybridized carbons (Fsp3) is 0. The van der Waals surface area contributed by atoms with Crippen molar-refractivity contribution in [3.63, 3.8) is 0 Å². The summed E-state index contributed by atoms with van der Waals surface area (Å²) < 4.78 is 25.8. The van der Waals surface area contributed by atoms with Gasteiger partial charge in [-0.1, -0.05) is 18.2 Å². The number of amides is 1. The van der Waals surface area contributed by atoms with Crippen LogP contribution >= 0.6 is 0 Å². The average Bonchev–Trinajstić information content (AvgIpc) is 2.33. The maximum atomic E-state index is 13.1. The summed E-state index contributed by atoms with van der Waals surface area (Å²) in [6.45, 7) is 0. The molecule has 0 saturated heterocycles. The lowest BCUT2D eigenvalue weighted by molar-refractivity contribution is 0.210. The molecular formula is C13H9F2NO2. The van der Waals surface area contributed by atoms with Crippen LogP contribution in [-0.4, -0.2) is 11.2 Å². The first-order valence-electron chi connectivity index (χ1n) is 5.12. The van der Waals surface area contributed by atoms with Gasteiger partial charge in [0.1, 0.15) is 0 Å². The molecular weight excluding hydrogens is 240 g/mol. The van der Waals surface area contributed by atoms with E-state index in [1.54, 1.807) is 24.3 Å². The Morgan fingerprint density at radius 3 is 2.11 bits per heavy atom. The van der Waals surface area contributed by atoms with Gasteiger partial charge in [-0.3, -0.25) is 5.32 Å². The van der Waals surface area contributed by atoms with Crippen LogP contribution in [0.1, 0.15) is 0 Å². The minimum absolute atomic E-state index is 0.411. The van der Waals surface area contributed by atoms with Gasteiger partial charge in [-0.25, -0.2) is 13.6 Å². The summed E-state index contributed by atoms with van der Waals surface area (Å²) in [5.41, 5.74) is 1.61. The zero-order chi connectivity index (χ0) is 13.1. The van der Waals surface area contributed by atoms with Crippen LogP contribution in [0.2, 0.25) is 0 Å². The van der Waals surface area contributed by atoms with E-state index in [0.29, 0.717) is 16.8 Å². The second kappa shape index (κ2) is 4.83. The normalized spacial score (nSPS) is 10.1. The van der Waals surface area contributed by atoms with Crippen LogP contribution in [0.5, 0.6) is 0 Å². The van der Waals surface area contributed by atoms with Gasteiger partial charge < -0.3 is 5.11 Å². The van der Waals surface area contributed by atoms with Gasteiger partial charge in [0.25, 0.3) is 0 Å². The molecule has 2 rings (SSSR count). The first kappa shape index (κ1) is 12.0. The van der Waals surface area contributed by atoms with Crippen LogP contribution in [0.25, 0.3) is 11.1 Å². The van der Waals surface area contributed by atoms with Crippen molar-refractivity contribution in [2.24, 2.45) is 0 Å². The molecule has 0 aliphatic rings. The van der Waals surface area contributed by atoms with Crippen molar-refractivity contribution < 1.29 is 18.7 Å². The molecule has 0 fully saturated rings. The highest BCUT2D eigenvalue weighted by atomic mass is 19.2. The number of halogens is 2. The lowest BCUT2D eigenvalue weighted by atomic mass is 10.1. The van der Waals surface area contributed by atoms with Crippen molar-refractivity contribution in [1.82, 2.24) is 0 Å². The van der Waals surface area contributed by atoms with E-state index in [0.717, 1.165) is 12.1 Å². The summed E-state index contributed by atoms with van der Waals surface area (Å²) in [6.07, 6.45) is -1.16. The summed E-state index contributed by atoms with van der Waals surface area (Å²) in [5, 5.41) is 10.7. The van der Waals surface area contributed by atoms with E-state index in [1.807, 2.05) is 0 Å². The standard InChI is InChI=1S/C13H9F2NO2/c14-11-6-3-9(7-12(11)15)8-1-4-10(5-2-8)16-13(17)18/h1-7,16H,(H,17,18). The van der Waals surface area contributed by atoms with Crippen LogP contribution in [0.15, 0.2) is 42.5 Å². The van der Waals surface area contributed by atoms with Crippen LogP contribution in [0.4, 0.5) is 19.3 Å². The highest BCUT2D eigenvalue weighted by molar-refractivity contribution is 5.83. The number of nitrogens with one attached hydrogen (secondary N) is 1. The smallest absolute Gasteiger partial charge is 0.409 e. The maximum Gasteiger partial charge on any atom is 0.409 e. The number of hydrogen-bond donors (Lipinski definition) is 2. The molecule has 2 N–H and O–H groups in total. The largest absolute Gasteiger partial charge is 0.465 e. The molecule has 0 radical (unpaired) electrons. The van der Waals surface area contributed by atoms with Gasteiger partial charge in [0.2, 0.25) is 0 Å². The van der Waals surface area contributed by atoms with E-state index in [9.17, 15) is 13.6 Å². The Labute approximate surface area is 102 Å². The Balaban J connectivity index is 2.28. The van der Waals surface area contributed by atoms with Gasteiger partial charge in [-0.2, -0.15) is 0 Å². The lowest BCUT2D eigenvalue weighted by Gasteiger charge is -2.04. The molecule has 5 heteroatoms. The molecule has 0 aliphatic carbocycles. The van der Waals surface area contributed by atoms with Gasteiger partial charge in [-0.15, -0.1) is 0 Å². The number of carbonyl (C=O) groups is 1. The molecule has 18 heavy (non-hydrogen) atoms. The van der Waals surface area contributed by atoms with Gasteiger partial charge in [0, 0.05) is 5.69 Å². The SMILES string of the molecule is O=C(O)Nc1ccc(-c2ccc(F)c(F)c2)cc1. The van der Waals surface area contributed by atoms with Crippen LogP contribution < -0.4 is 5.32 Å². The van der Waals surface area contributed by atoms with Crippen molar-refractivity contribution in [3.8, 4) is 11.1 Å². The first-order valence-corrected chi connectivity index (χ1v) is 5.12. The summed E-state index contributed by atoms with van der Waals surface area (Å²) >= 11 is 0. The Hall–Kier alpha value is -2.43. The molecule has 0 saturated carbocycles. The third-order valence-corrected chi connectivity index (χ3v) is 2.39. The highest BCUT2D eigenvalue weighted by Gasteiger charge is 2.05. The summed E-state index contributed by atoms with van der Waals surface area (Å²) in [7, 11) is 0. The zero-order valence-electron chi connectivity index (χ0n) is 9.15. The Bertz CT molecular complexity index is 582. The monoisotopic (exact) mass is 249 g/mol. The highest BCUT2D eigenvalue weighted by Crippen LogP contribution is 2.23. The predicted molar refractivity (Wildman–Crippen MR) is 63.4 cm³/mol. The molecule has 0 spiro atoms. The van der Waals surface area contributed by atoms with Gasteiger partial charge in [0.15, 0.2) is 11.6 Å². The van der Waals surface area contributed by atoms with Crippen molar-refractivity contribution in [1.29, 1.82) is 0 Å². The molecule has 3 nitrogen and oxygen atoms in total. The second-order valence-corrected chi connectivity index (χ2v) is 3.64. The maximum absolute atomic E-state index is 13.1.